The zero-order chi connectivity index (χ0) is 12.4. The minimum absolute atomic E-state index is 0.474. The summed E-state index contributed by atoms with van der Waals surface area (Å²) in [6.07, 6.45) is 3.61. The zero-order valence-electron chi connectivity index (χ0n) is 10.5. The maximum atomic E-state index is 11.1. The average Bonchev–Trinajstić information content (AvgIpc) is 2.19. The van der Waals surface area contributed by atoms with Crippen molar-refractivity contribution >= 4 is 6.09 Å². The fraction of sp³-hybridized carbons (Fsp3) is 0.909. The Balaban J connectivity index is 3.31. The topological polar surface area (TPSA) is 73.6 Å². The van der Waals surface area contributed by atoms with E-state index in [9.17, 15) is 4.79 Å². The van der Waals surface area contributed by atoms with Crippen LogP contribution in [0.5, 0.6) is 0 Å². The Bertz CT molecular complexity index is 190. The molecule has 1 amide bonds. The smallest absolute Gasteiger partial charge is 0.330 e. The van der Waals surface area contributed by atoms with Crippen molar-refractivity contribution in [1.29, 1.82) is 0 Å². The third-order valence-electron chi connectivity index (χ3n) is 1.77. The third-order valence-corrected chi connectivity index (χ3v) is 1.77. The van der Waals surface area contributed by atoms with Crippen LogP contribution in [0, 0.1) is 0 Å². The van der Waals surface area contributed by atoms with Crippen molar-refractivity contribution in [2.75, 3.05) is 13.1 Å². The summed E-state index contributed by atoms with van der Waals surface area (Å²) in [5, 5.41) is 2.61. The Labute approximate surface area is 97.6 Å². The average molecular weight is 232 g/mol. The monoisotopic (exact) mass is 232 g/mol. The lowest BCUT2D eigenvalue weighted by molar-refractivity contribution is -0.300. The number of carbonyl (C=O) groups is 1. The van der Waals surface area contributed by atoms with Crippen molar-refractivity contribution in [2.24, 2.45) is 5.73 Å². The first-order chi connectivity index (χ1) is 7.45. The predicted octanol–water partition coefficient (Wildman–Crippen LogP) is 1.96. The molecule has 0 aliphatic heterocycles. The lowest BCUT2D eigenvalue weighted by Gasteiger charge is -2.16. The van der Waals surface area contributed by atoms with Crippen LogP contribution in [-0.2, 0) is 9.78 Å². The number of nitrogens with one attached hydrogen (secondary N) is 1. The molecule has 5 nitrogen and oxygen atoms in total. The van der Waals surface area contributed by atoms with E-state index in [1.54, 1.807) is 0 Å². The predicted molar refractivity (Wildman–Crippen MR) is 62.8 cm³/mol. The van der Waals surface area contributed by atoms with Gasteiger partial charge in [0.05, 0.1) is 0 Å². The Morgan fingerprint density at radius 3 is 2.38 bits per heavy atom. The van der Waals surface area contributed by atoms with Gasteiger partial charge in [-0.15, -0.1) is 0 Å². The molecule has 3 N–H and O–H groups in total. The highest BCUT2D eigenvalue weighted by Crippen LogP contribution is 2.06. The van der Waals surface area contributed by atoms with E-state index >= 15 is 0 Å². The van der Waals surface area contributed by atoms with E-state index in [4.69, 9.17) is 10.6 Å². The van der Waals surface area contributed by atoms with Crippen LogP contribution in [0.25, 0.3) is 0 Å². The molecule has 0 spiro atoms. The highest BCUT2D eigenvalue weighted by molar-refractivity contribution is 5.66. The van der Waals surface area contributed by atoms with Crippen LogP contribution in [0.1, 0.15) is 46.5 Å². The van der Waals surface area contributed by atoms with Gasteiger partial charge in [0.2, 0.25) is 0 Å². The molecule has 96 valence electrons. The van der Waals surface area contributed by atoms with E-state index in [1.165, 1.54) is 0 Å². The molecular formula is C11H24N2O3. The second-order valence-electron chi connectivity index (χ2n) is 4.70. The Hall–Kier alpha value is -0.810. The van der Waals surface area contributed by atoms with Gasteiger partial charge >= 0.3 is 6.09 Å². The summed E-state index contributed by atoms with van der Waals surface area (Å²) in [5.74, 6) is 0. The summed E-state index contributed by atoms with van der Waals surface area (Å²) in [6, 6.07) is 0. The van der Waals surface area contributed by atoms with Crippen LogP contribution < -0.4 is 11.1 Å². The largest absolute Gasteiger partial charge is 0.438 e. The number of rotatable bonds is 7. The molecule has 5 heteroatoms. The van der Waals surface area contributed by atoms with E-state index in [1.807, 2.05) is 20.8 Å². The quantitative estimate of drug-likeness (QED) is 0.400. The van der Waals surface area contributed by atoms with Crippen molar-refractivity contribution in [3.63, 3.8) is 0 Å². The van der Waals surface area contributed by atoms with Gasteiger partial charge in [0.25, 0.3) is 0 Å². The molecule has 0 aromatic heterocycles. The summed E-state index contributed by atoms with van der Waals surface area (Å²) in [6.45, 7) is 6.78. The molecule has 0 saturated carbocycles. The van der Waals surface area contributed by atoms with Crippen molar-refractivity contribution in [2.45, 2.75) is 52.1 Å². The summed E-state index contributed by atoms with van der Waals surface area (Å²) in [4.78, 5) is 20.5. The first-order valence-corrected chi connectivity index (χ1v) is 5.79. The maximum absolute atomic E-state index is 11.1. The van der Waals surface area contributed by atoms with Crippen LogP contribution in [0.2, 0.25) is 0 Å². The van der Waals surface area contributed by atoms with Crippen molar-refractivity contribution in [3.8, 4) is 0 Å². The molecular weight excluding hydrogens is 208 g/mol. The highest BCUT2D eigenvalue weighted by atomic mass is 17.2. The molecule has 0 aliphatic carbocycles. The van der Waals surface area contributed by atoms with E-state index in [2.05, 4.69) is 10.2 Å². The van der Waals surface area contributed by atoms with Gasteiger partial charge in [-0.2, -0.15) is 4.89 Å². The Kier molecular flexibility index (Phi) is 7.93. The SMILES string of the molecule is CC(C)(C)OOC(=O)NCCCCCCN. The molecule has 0 fully saturated rings. The van der Waals surface area contributed by atoms with Crippen LogP contribution in [0.3, 0.4) is 0 Å². The summed E-state index contributed by atoms with van der Waals surface area (Å²) >= 11 is 0. The second-order valence-corrected chi connectivity index (χ2v) is 4.70. The van der Waals surface area contributed by atoms with Crippen LogP contribution >= 0.6 is 0 Å². The van der Waals surface area contributed by atoms with Crippen LogP contribution in [-0.4, -0.2) is 24.8 Å². The Morgan fingerprint density at radius 2 is 1.81 bits per heavy atom. The summed E-state index contributed by atoms with van der Waals surface area (Å²) in [5.41, 5.74) is 4.89. The molecule has 0 atom stereocenters. The molecule has 0 rings (SSSR count). The minimum atomic E-state index is -0.534. The molecule has 0 aliphatic rings. The lowest BCUT2D eigenvalue weighted by atomic mass is 10.2. The van der Waals surface area contributed by atoms with E-state index < -0.39 is 11.7 Å². The van der Waals surface area contributed by atoms with Gasteiger partial charge < -0.3 is 11.1 Å². The van der Waals surface area contributed by atoms with Gasteiger partial charge in [0.1, 0.15) is 5.60 Å². The van der Waals surface area contributed by atoms with Crippen LogP contribution in [0.4, 0.5) is 4.79 Å². The maximum Gasteiger partial charge on any atom is 0.438 e. The first kappa shape index (κ1) is 15.2. The molecule has 0 radical (unpaired) electrons. The van der Waals surface area contributed by atoms with Gasteiger partial charge in [-0.3, -0.25) is 4.89 Å². The molecule has 0 aromatic rings. The number of hydrogen-bond acceptors (Lipinski definition) is 4. The van der Waals surface area contributed by atoms with Gasteiger partial charge in [-0.05, 0) is 40.2 Å². The van der Waals surface area contributed by atoms with Gasteiger partial charge in [0.15, 0.2) is 0 Å². The minimum Gasteiger partial charge on any atom is -0.330 e. The van der Waals surface area contributed by atoms with Gasteiger partial charge in [-0.25, -0.2) is 4.79 Å². The molecule has 0 unspecified atom stereocenters. The van der Waals surface area contributed by atoms with Gasteiger partial charge in [-0.1, -0.05) is 12.8 Å². The number of amides is 1. The van der Waals surface area contributed by atoms with E-state index in [0.29, 0.717) is 6.54 Å². The molecule has 0 heterocycles. The van der Waals surface area contributed by atoms with Crippen LogP contribution in [0.15, 0.2) is 0 Å². The summed E-state index contributed by atoms with van der Waals surface area (Å²) in [7, 11) is 0. The standard InChI is InChI=1S/C11H24N2O3/c1-11(2,3)16-15-10(14)13-9-7-5-4-6-8-12/h4-9,12H2,1-3H3,(H,13,14). The van der Waals surface area contributed by atoms with E-state index in [0.717, 1.165) is 32.2 Å². The number of unbranched alkanes of at least 4 members (excludes halogenated alkanes) is 3. The fourth-order valence-corrected chi connectivity index (χ4v) is 1.01. The molecule has 0 aromatic carbocycles. The number of hydrogen-bond donors (Lipinski definition) is 2. The third kappa shape index (κ3) is 11.3. The van der Waals surface area contributed by atoms with E-state index in [-0.39, 0.29) is 0 Å². The van der Waals surface area contributed by atoms with Gasteiger partial charge in [0, 0.05) is 6.54 Å². The molecule has 0 bridgehead atoms. The number of carbonyl (C=O) groups excluding carboxylic acids is 1. The highest BCUT2D eigenvalue weighted by Gasteiger charge is 2.14. The first-order valence-electron chi connectivity index (χ1n) is 5.79. The summed E-state index contributed by atoms with van der Waals surface area (Å²) < 4.78 is 0. The number of nitrogens with two attached hydrogens (primary N) is 1. The van der Waals surface area contributed by atoms with Crippen molar-refractivity contribution in [3.05, 3.63) is 0 Å². The second kappa shape index (κ2) is 8.35. The Morgan fingerprint density at radius 1 is 1.19 bits per heavy atom. The normalized spacial score (nSPS) is 11.2. The fourth-order valence-electron chi connectivity index (χ4n) is 1.01. The molecule has 16 heavy (non-hydrogen) atoms. The lowest BCUT2D eigenvalue weighted by Crippen LogP contribution is -2.29. The van der Waals surface area contributed by atoms with Crippen molar-refractivity contribution in [1.82, 2.24) is 5.32 Å². The zero-order valence-corrected chi connectivity index (χ0v) is 10.5. The molecule has 0 saturated heterocycles. The van der Waals surface area contributed by atoms with Crippen molar-refractivity contribution < 1.29 is 14.6 Å².